The third-order valence-electron chi connectivity index (χ3n) is 4.14. The van der Waals surface area contributed by atoms with Crippen LogP contribution in [0.15, 0.2) is 23.9 Å². The summed E-state index contributed by atoms with van der Waals surface area (Å²) in [5.74, 6) is -2.37. The minimum Gasteiger partial charge on any atom is -0.478 e. The maximum atomic E-state index is 12.9. The van der Waals surface area contributed by atoms with E-state index in [9.17, 15) is 22.8 Å². The van der Waals surface area contributed by atoms with E-state index >= 15 is 0 Å². The summed E-state index contributed by atoms with van der Waals surface area (Å²) in [4.78, 5) is 24.1. The molecule has 138 valence electrons. The number of benzene rings is 1. The highest BCUT2D eigenvalue weighted by Crippen LogP contribution is 2.34. The Kier molecular flexibility index (Phi) is 4.43. The van der Waals surface area contributed by atoms with E-state index < -0.39 is 24.6 Å². The number of carbonyl (C=O) groups is 2. The lowest BCUT2D eigenvalue weighted by molar-refractivity contribution is -0.159. The molecule has 1 amide bonds. The molecule has 0 saturated carbocycles. The maximum Gasteiger partial charge on any atom is 0.406 e. The molecule has 0 unspecified atom stereocenters. The number of halogens is 4. The molecule has 0 spiro atoms. The molecule has 6 nitrogen and oxygen atoms in total. The lowest BCUT2D eigenvalue weighted by Gasteiger charge is -2.23. The van der Waals surface area contributed by atoms with Gasteiger partial charge in [0.25, 0.3) is 5.91 Å². The van der Waals surface area contributed by atoms with Crippen molar-refractivity contribution in [2.24, 2.45) is 7.05 Å². The van der Waals surface area contributed by atoms with Crippen LogP contribution in [0, 0.1) is 0 Å². The van der Waals surface area contributed by atoms with Crippen molar-refractivity contribution in [3.8, 4) is 0 Å². The number of rotatable bonds is 2. The van der Waals surface area contributed by atoms with E-state index in [0.717, 1.165) is 0 Å². The first-order chi connectivity index (χ1) is 12.1. The fourth-order valence-corrected chi connectivity index (χ4v) is 3.48. The number of nitrogens with zero attached hydrogens (tertiary/aromatic N) is 3. The van der Waals surface area contributed by atoms with Gasteiger partial charge < -0.3 is 10.0 Å². The summed E-state index contributed by atoms with van der Waals surface area (Å²) in [5.41, 5.74) is 1.28. The number of carboxylic acid groups (broad SMARTS) is 1. The van der Waals surface area contributed by atoms with Crippen molar-refractivity contribution in [1.82, 2.24) is 14.7 Å². The van der Waals surface area contributed by atoms with Gasteiger partial charge in [0.05, 0.1) is 16.7 Å². The second kappa shape index (κ2) is 6.31. The molecule has 1 N–H and O–H groups in total. The first-order valence-corrected chi connectivity index (χ1v) is 7.86. The third kappa shape index (κ3) is 3.39. The lowest BCUT2D eigenvalue weighted by Crippen LogP contribution is -2.38. The Morgan fingerprint density at radius 2 is 2.15 bits per heavy atom. The highest BCUT2D eigenvalue weighted by Gasteiger charge is 2.36. The van der Waals surface area contributed by atoms with E-state index in [0.29, 0.717) is 38.0 Å². The van der Waals surface area contributed by atoms with Crippen LogP contribution in [0.1, 0.15) is 11.1 Å². The molecule has 1 aliphatic rings. The van der Waals surface area contributed by atoms with Crippen molar-refractivity contribution in [3.63, 3.8) is 0 Å². The number of hydrogen-bond acceptors (Lipinski definition) is 3. The number of hydrogen-bond donors (Lipinski definition) is 1. The Morgan fingerprint density at radius 1 is 1.46 bits per heavy atom. The molecule has 0 aliphatic carbocycles. The fourth-order valence-electron chi connectivity index (χ4n) is 3.12. The molecule has 2 heterocycles. The third-order valence-corrected chi connectivity index (χ3v) is 4.43. The SMILES string of the molecule is Cn1ncc2c3c(cc(Cl)c21)C/C(=C\C(=O)O)C(=O)N(CC(F)(F)F)C3. The lowest BCUT2D eigenvalue weighted by atomic mass is 9.98. The van der Waals surface area contributed by atoms with E-state index in [1.807, 2.05) is 0 Å². The molecule has 3 rings (SSSR count). The van der Waals surface area contributed by atoms with Gasteiger partial charge in [-0.2, -0.15) is 18.3 Å². The van der Waals surface area contributed by atoms with Gasteiger partial charge in [-0.3, -0.25) is 9.48 Å². The van der Waals surface area contributed by atoms with E-state index in [-0.39, 0.29) is 18.5 Å². The largest absolute Gasteiger partial charge is 0.478 e. The average molecular weight is 388 g/mol. The summed E-state index contributed by atoms with van der Waals surface area (Å²) in [7, 11) is 1.64. The molecule has 1 aromatic carbocycles. The first-order valence-electron chi connectivity index (χ1n) is 7.48. The van der Waals surface area contributed by atoms with Crippen molar-refractivity contribution in [2.75, 3.05) is 6.54 Å². The highest BCUT2D eigenvalue weighted by atomic mass is 35.5. The number of amides is 1. The second-order valence-corrected chi connectivity index (χ2v) is 6.39. The van der Waals surface area contributed by atoms with Crippen LogP contribution in [-0.4, -0.2) is 44.4 Å². The summed E-state index contributed by atoms with van der Waals surface area (Å²) in [6.07, 6.45) is -2.63. The van der Waals surface area contributed by atoms with Gasteiger partial charge in [0.1, 0.15) is 6.54 Å². The zero-order chi connectivity index (χ0) is 19.2. The topological polar surface area (TPSA) is 75.4 Å². The molecule has 1 aromatic heterocycles. The van der Waals surface area contributed by atoms with Crippen LogP contribution in [0.25, 0.3) is 10.9 Å². The number of carboxylic acids is 1. The van der Waals surface area contributed by atoms with Crippen LogP contribution >= 0.6 is 11.6 Å². The zero-order valence-corrected chi connectivity index (χ0v) is 14.2. The van der Waals surface area contributed by atoms with E-state index in [4.69, 9.17) is 16.7 Å². The molecular formula is C16H13ClF3N3O3. The molecule has 26 heavy (non-hydrogen) atoms. The standard InChI is InChI=1S/C16H13ClF3N3O3/c1-22-14-10(5-21-22)11-6-23(7-16(18,19)20)15(26)9(4-13(24)25)2-8(11)3-12(14)17/h3-5H,2,6-7H2,1H3,(H,24,25)/b9-4+. The van der Waals surface area contributed by atoms with Gasteiger partial charge in [0.15, 0.2) is 0 Å². The van der Waals surface area contributed by atoms with Crippen molar-refractivity contribution < 1.29 is 27.9 Å². The van der Waals surface area contributed by atoms with Gasteiger partial charge in [-0.15, -0.1) is 0 Å². The second-order valence-electron chi connectivity index (χ2n) is 5.99. The molecule has 0 radical (unpaired) electrons. The van der Waals surface area contributed by atoms with Crippen molar-refractivity contribution >= 4 is 34.4 Å². The number of fused-ring (bicyclic) bond motifs is 3. The Bertz CT molecular complexity index is 950. The van der Waals surface area contributed by atoms with Gasteiger partial charge >= 0.3 is 12.1 Å². The summed E-state index contributed by atoms with van der Waals surface area (Å²) in [6.45, 7) is -1.80. The fraction of sp³-hybridized carbons (Fsp3) is 0.312. The number of alkyl halides is 3. The maximum absolute atomic E-state index is 12.9. The number of aryl methyl sites for hydroxylation is 1. The van der Waals surface area contributed by atoms with Crippen LogP contribution in [-0.2, 0) is 29.6 Å². The monoisotopic (exact) mass is 387 g/mol. The Labute approximate surface area is 150 Å². The van der Waals surface area contributed by atoms with Crippen LogP contribution in [0.5, 0.6) is 0 Å². The normalized spacial score (nSPS) is 16.9. The Morgan fingerprint density at radius 3 is 2.77 bits per heavy atom. The van der Waals surface area contributed by atoms with Crippen molar-refractivity contribution in [2.45, 2.75) is 19.1 Å². The average Bonchev–Trinajstić information content (AvgIpc) is 2.84. The molecule has 2 aromatic rings. The molecule has 1 aliphatic heterocycles. The van der Waals surface area contributed by atoms with Crippen LogP contribution in [0.4, 0.5) is 13.2 Å². The quantitative estimate of drug-likeness (QED) is 0.804. The summed E-state index contributed by atoms with van der Waals surface area (Å²) in [5, 5.41) is 13.9. The van der Waals surface area contributed by atoms with Gasteiger partial charge in [0.2, 0.25) is 0 Å². The molecule has 0 bridgehead atoms. The van der Waals surface area contributed by atoms with Crippen LogP contribution < -0.4 is 0 Å². The minimum absolute atomic E-state index is 0.126. The smallest absolute Gasteiger partial charge is 0.406 e. The number of carbonyl (C=O) groups excluding carboxylic acids is 1. The summed E-state index contributed by atoms with van der Waals surface area (Å²) in [6, 6.07) is 1.54. The summed E-state index contributed by atoms with van der Waals surface area (Å²) < 4.78 is 40.3. The van der Waals surface area contributed by atoms with Gasteiger partial charge in [-0.05, 0) is 17.2 Å². The Balaban J connectivity index is 2.21. The minimum atomic E-state index is -4.62. The Hall–Kier alpha value is -2.55. The molecular weight excluding hydrogens is 375 g/mol. The predicted molar refractivity (Wildman–Crippen MR) is 86.6 cm³/mol. The predicted octanol–water partition coefficient (Wildman–Crippen LogP) is 2.68. The number of aliphatic carboxylic acids is 1. The number of aromatic nitrogens is 2. The van der Waals surface area contributed by atoms with Gasteiger partial charge in [-0.1, -0.05) is 11.6 Å². The van der Waals surface area contributed by atoms with E-state index in [1.165, 1.54) is 10.9 Å². The van der Waals surface area contributed by atoms with Gasteiger partial charge in [0, 0.05) is 37.0 Å². The highest BCUT2D eigenvalue weighted by molar-refractivity contribution is 6.35. The molecule has 0 saturated heterocycles. The zero-order valence-electron chi connectivity index (χ0n) is 13.5. The van der Waals surface area contributed by atoms with Gasteiger partial charge in [-0.25, -0.2) is 4.79 Å². The molecule has 0 fully saturated rings. The van der Waals surface area contributed by atoms with Crippen molar-refractivity contribution in [3.05, 3.63) is 40.1 Å². The van der Waals surface area contributed by atoms with Crippen LogP contribution in [0.3, 0.4) is 0 Å². The van der Waals surface area contributed by atoms with E-state index in [2.05, 4.69) is 5.10 Å². The molecule has 0 atom stereocenters. The molecule has 10 heteroatoms. The first kappa shape index (κ1) is 18.2. The van der Waals surface area contributed by atoms with Crippen molar-refractivity contribution in [1.29, 1.82) is 0 Å². The van der Waals surface area contributed by atoms with Crippen LogP contribution in [0.2, 0.25) is 5.02 Å². The summed E-state index contributed by atoms with van der Waals surface area (Å²) >= 11 is 6.25. The van der Waals surface area contributed by atoms with E-state index in [1.54, 1.807) is 13.1 Å².